The van der Waals surface area contributed by atoms with Gasteiger partial charge in [-0.25, -0.2) is 9.78 Å². The standard InChI is InChI=1S/C16H16N4O2S/c21-16-13-5-4-12(9-11(13)10-17-18-16)23-14-6-7-20(19-14)15-3-1-2-8-22-15/h4-7,9-10,15H,1-3,8H2,(H,18,21). The molecule has 1 saturated heterocycles. The van der Waals surface area contributed by atoms with Gasteiger partial charge in [-0.1, -0.05) is 11.8 Å². The fraction of sp³-hybridized carbons (Fsp3) is 0.312. The summed E-state index contributed by atoms with van der Waals surface area (Å²) in [5, 5.41) is 13.3. The van der Waals surface area contributed by atoms with Crippen molar-refractivity contribution in [2.75, 3.05) is 6.61 Å². The molecule has 3 aromatic rings. The number of nitrogens with zero attached hydrogens (tertiary/aromatic N) is 3. The molecule has 1 aliphatic heterocycles. The first-order chi connectivity index (χ1) is 11.3. The van der Waals surface area contributed by atoms with Gasteiger partial charge in [-0.15, -0.1) is 0 Å². The Balaban J connectivity index is 1.56. The van der Waals surface area contributed by atoms with Crippen LogP contribution in [0.15, 0.2) is 51.4 Å². The highest BCUT2D eigenvalue weighted by Gasteiger charge is 2.16. The normalized spacial score (nSPS) is 18.3. The van der Waals surface area contributed by atoms with Gasteiger partial charge in [0.1, 0.15) is 11.3 Å². The van der Waals surface area contributed by atoms with Crippen LogP contribution in [0.1, 0.15) is 25.5 Å². The first-order valence-electron chi connectivity index (χ1n) is 7.62. The van der Waals surface area contributed by atoms with E-state index in [1.165, 1.54) is 6.42 Å². The zero-order chi connectivity index (χ0) is 15.6. The van der Waals surface area contributed by atoms with Gasteiger partial charge in [-0.3, -0.25) is 4.79 Å². The van der Waals surface area contributed by atoms with Crippen molar-refractivity contribution in [3.05, 3.63) is 47.0 Å². The first-order valence-corrected chi connectivity index (χ1v) is 8.43. The van der Waals surface area contributed by atoms with Crippen LogP contribution in [0.4, 0.5) is 0 Å². The number of nitrogens with one attached hydrogen (secondary N) is 1. The first kappa shape index (κ1) is 14.5. The molecular weight excluding hydrogens is 312 g/mol. The molecule has 0 spiro atoms. The van der Waals surface area contributed by atoms with Crippen LogP contribution < -0.4 is 5.56 Å². The molecule has 7 heteroatoms. The van der Waals surface area contributed by atoms with Gasteiger partial charge in [0.2, 0.25) is 0 Å². The fourth-order valence-electron chi connectivity index (χ4n) is 2.73. The van der Waals surface area contributed by atoms with E-state index in [0.717, 1.165) is 34.8 Å². The van der Waals surface area contributed by atoms with E-state index in [1.807, 2.05) is 35.1 Å². The number of fused-ring (bicyclic) bond motifs is 1. The van der Waals surface area contributed by atoms with Crippen molar-refractivity contribution in [2.24, 2.45) is 0 Å². The van der Waals surface area contributed by atoms with Crippen LogP contribution >= 0.6 is 11.8 Å². The number of hydrogen-bond donors (Lipinski definition) is 1. The summed E-state index contributed by atoms with van der Waals surface area (Å²) in [7, 11) is 0. The van der Waals surface area contributed by atoms with Gasteiger partial charge in [0.05, 0.1) is 11.6 Å². The Morgan fingerprint density at radius 2 is 2.26 bits per heavy atom. The van der Waals surface area contributed by atoms with E-state index < -0.39 is 0 Å². The van der Waals surface area contributed by atoms with Gasteiger partial charge in [0.15, 0.2) is 0 Å². The summed E-state index contributed by atoms with van der Waals surface area (Å²) in [6.07, 6.45) is 7.00. The Kier molecular flexibility index (Phi) is 3.88. The Morgan fingerprint density at radius 3 is 3.13 bits per heavy atom. The number of rotatable bonds is 3. The van der Waals surface area contributed by atoms with Crippen molar-refractivity contribution >= 4 is 22.5 Å². The molecule has 0 amide bonds. The SMILES string of the molecule is O=c1[nH]ncc2cc(Sc3ccn(C4CCCCO4)n3)ccc12. The van der Waals surface area contributed by atoms with Gasteiger partial charge in [0.25, 0.3) is 5.56 Å². The minimum absolute atomic E-state index is 0.0532. The quantitative estimate of drug-likeness (QED) is 0.800. The van der Waals surface area contributed by atoms with Crippen molar-refractivity contribution < 1.29 is 4.74 Å². The average molecular weight is 328 g/mol. The highest BCUT2D eigenvalue weighted by molar-refractivity contribution is 7.99. The van der Waals surface area contributed by atoms with E-state index in [0.29, 0.717) is 5.39 Å². The van der Waals surface area contributed by atoms with Crippen LogP contribution in [-0.4, -0.2) is 26.6 Å². The Morgan fingerprint density at radius 1 is 1.30 bits per heavy atom. The maximum Gasteiger partial charge on any atom is 0.272 e. The molecule has 1 atom stereocenters. The van der Waals surface area contributed by atoms with Gasteiger partial charge >= 0.3 is 0 Å². The molecule has 1 aliphatic rings. The predicted molar refractivity (Wildman–Crippen MR) is 87.6 cm³/mol. The largest absolute Gasteiger partial charge is 0.357 e. The van der Waals surface area contributed by atoms with E-state index in [1.54, 1.807) is 18.0 Å². The predicted octanol–water partition coefficient (Wildman–Crippen LogP) is 2.97. The molecule has 118 valence electrons. The molecule has 6 nitrogen and oxygen atoms in total. The number of hydrogen-bond acceptors (Lipinski definition) is 5. The van der Waals surface area contributed by atoms with Crippen LogP contribution in [0.3, 0.4) is 0 Å². The molecule has 3 heterocycles. The summed E-state index contributed by atoms with van der Waals surface area (Å²) in [6, 6.07) is 7.69. The number of ether oxygens (including phenoxy) is 1. The molecule has 0 bridgehead atoms. The van der Waals surface area contributed by atoms with Crippen LogP contribution in [0.2, 0.25) is 0 Å². The zero-order valence-electron chi connectivity index (χ0n) is 12.4. The maximum atomic E-state index is 11.7. The van der Waals surface area contributed by atoms with Crippen LogP contribution in [-0.2, 0) is 4.74 Å². The average Bonchev–Trinajstić information content (AvgIpc) is 3.04. The summed E-state index contributed by atoms with van der Waals surface area (Å²) >= 11 is 1.57. The minimum Gasteiger partial charge on any atom is -0.357 e. The highest BCUT2D eigenvalue weighted by Crippen LogP contribution is 2.29. The third kappa shape index (κ3) is 3.02. The van der Waals surface area contributed by atoms with E-state index in [4.69, 9.17) is 4.74 Å². The third-order valence-electron chi connectivity index (χ3n) is 3.89. The summed E-state index contributed by atoms with van der Waals surface area (Å²) < 4.78 is 7.64. The number of aromatic nitrogens is 4. The molecule has 1 fully saturated rings. The second kappa shape index (κ2) is 6.17. The van der Waals surface area contributed by atoms with Crippen LogP contribution in [0.25, 0.3) is 10.8 Å². The second-order valence-electron chi connectivity index (χ2n) is 5.51. The smallest absolute Gasteiger partial charge is 0.272 e. The van der Waals surface area contributed by atoms with Crippen molar-refractivity contribution in [2.45, 2.75) is 35.4 Å². The monoisotopic (exact) mass is 328 g/mol. The molecule has 0 saturated carbocycles. The maximum absolute atomic E-state index is 11.7. The van der Waals surface area contributed by atoms with Crippen LogP contribution in [0.5, 0.6) is 0 Å². The Bertz CT molecular complexity index is 883. The fourth-order valence-corrected chi connectivity index (χ4v) is 3.55. The molecule has 2 aromatic heterocycles. The van der Waals surface area contributed by atoms with E-state index >= 15 is 0 Å². The van der Waals surface area contributed by atoms with Crippen molar-refractivity contribution in [1.82, 2.24) is 20.0 Å². The zero-order valence-corrected chi connectivity index (χ0v) is 13.3. The molecule has 23 heavy (non-hydrogen) atoms. The highest BCUT2D eigenvalue weighted by atomic mass is 32.2. The third-order valence-corrected chi connectivity index (χ3v) is 4.81. The molecule has 1 unspecified atom stereocenters. The van der Waals surface area contributed by atoms with Crippen molar-refractivity contribution in [3.63, 3.8) is 0 Å². The second-order valence-corrected chi connectivity index (χ2v) is 6.60. The molecular formula is C16H16N4O2S. The van der Waals surface area contributed by atoms with Crippen LogP contribution in [0, 0.1) is 0 Å². The Hall–Kier alpha value is -2.12. The number of aromatic amines is 1. The number of H-pyrrole nitrogens is 1. The van der Waals surface area contributed by atoms with Gasteiger partial charge in [-0.05, 0) is 43.5 Å². The number of benzene rings is 1. The lowest BCUT2D eigenvalue weighted by Gasteiger charge is -2.22. The summed E-state index contributed by atoms with van der Waals surface area (Å²) in [4.78, 5) is 12.7. The van der Waals surface area contributed by atoms with Crippen molar-refractivity contribution in [1.29, 1.82) is 0 Å². The summed E-state index contributed by atoms with van der Waals surface area (Å²) in [6.45, 7) is 0.805. The van der Waals surface area contributed by atoms with Gasteiger partial charge in [0, 0.05) is 23.1 Å². The topological polar surface area (TPSA) is 72.8 Å². The van der Waals surface area contributed by atoms with E-state index in [-0.39, 0.29) is 11.8 Å². The molecule has 1 aromatic carbocycles. The molecule has 0 aliphatic carbocycles. The molecule has 1 N–H and O–H groups in total. The lowest BCUT2D eigenvalue weighted by molar-refractivity contribution is -0.0400. The summed E-state index contributed by atoms with van der Waals surface area (Å²) in [5.74, 6) is 0. The van der Waals surface area contributed by atoms with Crippen molar-refractivity contribution in [3.8, 4) is 0 Å². The van der Waals surface area contributed by atoms with Gasteiger partial charge in [-0.2, -0.15) is 10.2 Å². The van der Waals surface area contributed by atoms with Gasteiger partial charge < -0.3 is 4.74 Å². The Labute approximate surface area is 136 Å². The molecule has 0 radical (unpaired) electrons. The van der Waals surface area contributed by atoms with E-state index in [9.17, 15) is 4.79 Å². The lowest BCUT2D eigenvalue weighted by Crippen LogP contribution is -2.18. The van der Waals surface area contributed by atoms with E-state index in [2.05, 4.69) is 15.3 Å². The lowest BCUT2D eigenvalue weighted by atomic mass is 10.2. The molecule has 4 rings (SSSR count). The minimum atomic E-state index is -0.169. The summed E-state index contributed by atoms with van der Waals surface area (Å²) in [5.41, 5.74) is -0.169.